The fourth-order valence-corrected chi connectivity index (χ4v) is 2.63. The third-order valence-electron chi connectivity index (χ3n) is 2.40. The Hall–Kier alpha value is -1.29. The Balaban J connectivity index is 2.29. The number of nitrogens with two attached hydrogens (primary N) is 1. The standard InChI is InChI=1S/C11H15N3S/c1-7-4-11(12)14(13-7)6-10-5-8(2)15-9(10)3/h4-5H,6,12H2,1-3H3. The van der Waals surface area contributed by atoms with Gasteiger partial charge in [0.15, 0.2) is 0 Å². The quantitative estimate of drug-likeness (QED) is 0.846. The first-order chi connectivity index (χ1) is 7.06. The molecule has 0 aliphatic rings. The maximum Gasteiger partial charge on any atom is 0.122 e. The van der Waals surface area contributed by atoms with Crippen molar-refractivity contribution in [1.29, 1.82) is 0 Å². The summed E-state index contributed by atoms with van der Waals surface area (Å²) in [5, 5.41) is 4.35. The molecular formula is C11H15N3S. The SMILES string of the molecule is Cc1cc(N)n(Cc2cc(C)sc2C)n1. The monoisotopic (exact) mass is 221 g/mol. The molecule has 0 aromatic carbocycles. The molecule has 15 heavy (non-hydrogen) atoms. The molecule has 2 N–H and O–H groups in total. The molecule has 0 aliphatic carbocycles. The largest absolute Gasteiger partial charge is 0.384 e. The lowest BCUT2D eigenvalue weighted by atomic mass is 10.2. The lowest BCUT2D eigenvalue weighted by Gasteiger charge is -2.02. The van der Waals surface area contributed by atoms with Gasteiger partial charge in [-0.05, 0) is 32.4 Å². The highest BCUT2D eigenvalue weighted by atomic mass is 32.1. The van der Waals surface area contributed by atoms with Gasteiger partial charge in [-0.3, -0.25) is 0 Å². The van der Waals surface area contributed by atoms with E-state index < -0.39 is 0 Å². The van der Waals surface area contributed by atoms with Gasteiger partial charge < -0.3 is 5.73 Å². The molecule has 0 radical (unpaired) electrons. The van der Waals surface area contributed by atoms with Crippen molar-refractivity contribution in [3.05, 3.63) is 33.1 Å². The van der Waals surface area contributed by atoms with E-state index in [4.69, 9.17) is 5.73 Å². The number of thiophene rings is 1. The van der Waals surface area contributed by atoms with Crippen LogP contribution in [0.3, 0.4) is 0 Å². The minimum Gasteiger partial charge on any atom is -0.384 e. The zero-order valence-corrected chi connectivity index (χ0v) is 10.1. The van der Waals surface area contributed by atoms with E-state index in [0.717, 1.165) is 18.1 Å². The van der Waals surface area contributed by atoms with E-state index in [0.29, 0.717) is 0 Å². The van der Waals surface area contributed by atoms with Gasteiger partial charge in [-0.2, -0.15) is 5.10 Å². The number of hydrogen-bond donors (Lipinski definition) is 1. The number of aryl methyl sites for hydroxylation is 3. The average molecular weight is 221 g/mol. The normalized spacial score (nSPS) is 10.9. The summed E-state index contributed by atoms with van der Waals surface area (Å²) in [5.74, 6) is 0.732. The Labute approximate surface area is 93.5 Å². The van der Waals surface area contributed by atoms with E-state index in [9.17, 15) is 0 Å². The first-order valence-corrected chi connectivity index (χ1v) is 5.74. The van der Waals surface area contributed by atoms with Crippen LogP contribution in [0.5, 0.6) is 0 Å². The summed E-state index contributed by atoms with van der Waals surface area (Å²) in [6.07, 6.45) is 0. The second-order valence-electron chi connectivity index (χ2n) is 3.81. The molecule has 0 saturated heterocycles. The Morgan fingerprint density at radius 2 is 2.07 bits per heavy atom. The van der Waals surface area contributed by atoms with Crippen LogP contribution < -0.4 is 5.73 Å². The molecule has 0 fully saturated rings. The van der Waals surface area contributed by atoms with Crippen LogP contribution in [0.2, 0.25) is 0 Å². The van der Waals surface area contributed by atoms with Crippen LogP contribution in [-0.2, 0) is 6.54 Å². The van der Waals surface area contributed by atoms with Crippen molar-refractivity contribution in [2.45, 2.75) is 27.3 Å². The van der Waals surface area contributed by atoms with Crippen molar-refractivity contribution in [3.8, 4) is 0 Å². The molecule has 2 aromatic rings. The third kappa shape index (κ3) is 2.04. The van der Waals surface area contributed by atoms with Gasteiger partial charge in [0.25, 0.3) is 0 Å². The van der Waals surface area contributed by atoms with E-state index >= 15 is 0 Å². The predicted molar refractivity (Wildman–Crippen MR) is 64.3 cm³/mol. The van der Waals surface area contributed by atoms with Crippen molar-refractivity contribution in [1.82, 2.24) is 9.78 Å². The van der Waals surface area contributed by atoms with Crippen molar-refractivity contribution >= 4 is 17.2 Å². The zero-order valence-electron chi connectivity index (χ0n) is 9.24. The van der Waals surface area contributed by atoms with E-state index in [1.807, 2.05) is 29.0 Å². The van der Waals surface area contributed by atoms with Crippen LogP contribution in [-0.4, -0.2) is 9.78 Å². The van der Waals surface area contributed by atoms with E-state index in [1.165, 1.54) is 15.3 Å². The first kappa shape index (κ1) is 10.2. The predicted octanol–water partition coefficient (Wildman–Crippen LogP) is 2.50. The molecule has 0 atom stereocenters. The number of anilines is 1. The summed E-state index contributed by atoms with van der Waals surface area (Å²) in [7, 11) is 0. The summed E-state index contributed by atoms with van der Waals surface area (Å²) in [6.45, 7) is 6.99. The Morgan fingerprint density at radius 1 is 1.33 bits per heavy atom. The minimum atomic E-state index is 0.732. The van der Waals surface area contributed by atoms with E-state index in [1.54, 1.807) is 0 Å². The van der Waals surface area contributed by atoms with Gasteiger partial charge in [0.2, 0.25) is 0 Å². The summed E-state index contributed by atoms with van der Waals surface area (Å²) in [5.41, 5.74) is 8.13. The first-order valence-electron chi connectivity index (χ1n) is 4.92. The molecule has 80 valence electrons. The van der Waals surface area contributed by atoms with Gasteiger partial charge in [-0.25, -0.2) is 4.68 Å². The van der Waals surface area contributed by atoms with Crippen LogP contribution in [0.4, 0.5) is 5.82 Å². The summed E-state index contributed by atoms with van der Waals surface area (Å²) in [4.78, 5) is 2.69. The smallest absolute Gasteiger partial charge is 0.122 e. The number of nitrogen functional groups attached to an aromatic ring is 1. The molecule has 2 rings (SSSR count). The molecule has 0 amide bonds. The molecule has 4 heteroatoms. The summed E-state index contributed by atoms with van der Waals surface area (Å²) in [6, 6.07) is 4.10. The zero-order chi connectivity index (χ0) is 11.0. The van der Waals surface area contributed by atoms with Crippen LogP contribution in [0, 0.1) is 20.8 Å². The van der Waals surface area contributed by atoms with Gasteiger partial charge >= 0.3 is 0 Å². The fraction of sp³-hybridized carbons (Fsp3) is 0.364. The molecule has 0 bridgehead atoms. The van der Waals surface area contributed by atoms with Crippen molar-refractivity contribution in [3.63, 3.8) is 0 Å². The maximum absolute atomic E-state index is 5.85. The average Bonchev–Trinajstić information content (AvgIpc) is 2.58. The Kier molecular flexibility index (Phi) is 2.52. The van der Waals surface area contributed by atoms with Crippen molar-refractivity contribution in [2.75, 3.05) is 5.73 Å². The fourth-order valence-electron chi connectivity index (χ4n) is 1.69. The summed E-state index contributed by atoms with van der Waals surface area (Å²) >= 11 is 1.82. The lowest BCUT2D eigenvalue weighted by Crippen LogP contribution is -2.05. The van der Waals surface area contributed by atoms with E-state index in [2.05, 4.69) is 25.0 Å². The number of rotatable bonds is 2. The molecule has 0 aliphatic heterocycles. The molecule has 3 nitrogen and oxygen atoms in total. The van der Waals surface area contributed by atoms with E-state index in [-0.39, 0.29) is 0 Å². The lowest BCUT2D eigenvalue weighted by molar-refractivity contribution is 0.688. The van der Waals surface area contributed by atoms with Crippen LogP contribution in [0.15, 0.2) is 12.1 Å². The molecule has 0 unspecified atom stereocenters. The maximum atomic E-state index is 5.85. The van der Waals surface area contributed by atoms with Crippen molar-refractivity contribution < 1.29 is 0 Å². The van der Waals surface area contributed by atoms with Gasteiger partial charge in [0, 0.05) is 15.8 Å². The van der Waals surface area contributed by atoms with Gasteiger partial charge in [-0.15, -0.1) is 11.3 Å². The van der Waals surface area contributed by atoms with Gasteiger partial charge in [0.1, 0.15) is 5.82 Å². The Morgan fingerprint density at radius 3 is 2.53 bits per heavy atom. The third-order valence-corrected chi connectivity index (χ3v) is 3.41. The number of hydrogen-bond acceptors (Lipinski definition) is 3. The molecule has 2 heterocycles. The molecule has 0 saturated carbocycles. The van der Waals surface area contributed by atoms with Crippen LogP contribution in [0.25, 0.3) is 0 Å². The molecule has 0 spiro atoms. The van der Waals surface area contributed by atoms with Crippen molar-refractivity contribution in [2.24, 2.45) is 0 Å². The highest BCUT2D eigenvalue weighted by Crippen LogP contribution is 2.22. The highest BCUT2D eigenvalue weighted by Gasteiger charge is 2.06. The molecular weight excluding hydrogens is 206 g/mol. The minimum absolute atomic E-state index is 0.732. The Bertz CT molecular complexity index is 438. The summed E-state index contributed by atoms with van der Waals surface area (Å²) < 4.78 is 1.85. The van der Waals surface area contributed by atoms with Gasteiger partial charge in [-0.1, -0.05) is 0 Å². The number of aromatic nitrogens is 2. The van der Waals surface area contributed by atoms with Crippen LogP contribution >= 0.6 is 11.3 Å². The topological polar surface area (TPSA) is 43.8 Å². The van der Waals surface area contributed by atoms with Crippen LogP contribution in [0.1, 0.15) is 21.0 Å². The highest BCUT2D eigenvalue weighted by molar-refractivity contribution is 7.12. The molecule has 2 aromatic heterocycles. The number of nitrogens with zero attached hydrogens (tertiary/aromatic N) is 2. The second-order valence-corrected chi connectivity index (χ2v) is 5.27. The van der Waals surface area contributed by atoms with Gasteiger partial charge in [0.05, 0.1) is 12.2 Å². The second kappa shape index (κ2) is 3.70.